The van der Waals surface area contributed by atoms with E-state index in [-0.39, 0.29) is 14.5 Å². The monoisotopic (exact) mass is 561 g/mol. The van der Waals surface area contributed by atoms with Gasteiger partial charge in [-0.25, -0.2) is 0 Å². The molecule has 0 heterocycles. The summed E-state index contributed by atoms with van der Waals surface area (Å²) >= 11 is -2.54. The third-order valence-electron chi connectivity index (χ3n) is 6.71. The Morgan fingerprint density at radius 3 is 1.94 bits per heavy atom. The zero-order chi connectivity index (χ0) is 24.7. The Kier molecular flexibility index (Phi) is 8.52. The van der Waals surface area contributed by atoms with Crippen LogP contribution in [0.3, 0.4) is 0 Å². The van der Waals surface area contributed by atoms with E-state index < -0.39 is 19.4 Å². The Morgan fingerprint density at radius 1 is 0.909 bits per heavy atom. The van der Waals surface area contributed by atoms with Crippen molar-refractivity contribution >= 4 is 23.1 Å². The molecule has 3 rings (SSSR count). The fraction of sp³-hybridized carbons (Fsp3) is 0.533. The second kappa shape index (κ2) is 10.3. The fourth-order valence-corrected chi connectivity index (χ4v) is 10.3. The summed E-state index contributed by atoms with van der Waals surface area (Å²) in [6.45, 7) is 20.8. The van der Waals surface area contributed by atoms with Crippen LogP contribution in [0.4, 0.5) is 0 Å². The van der Waals surface area contributed by atoms with Crippen molar-refractivity contribution in [2.45, 2.75) is 96.0 Å². The summed E-state index contributed by atoms with van der Waals surface area (Å²) in [6.07, 6.45) is 5.74. The van der Waals surface area contributed by atoms with Crippen LogP contribution in [0.2, 0.25) is 0 Å². The third kappa shape index (κ3) is 6.08. The van der Waals surface area contributed by atoms with Crippen LogP contribution < -0.4 is 0 Å². The van der Waals surface area contributed by atoms with E-state index in [1.807, 2.05) is 0 Å². The number of fused-ring (bicyclic) bond motifs is 1. The number of rotatable bonds is 6. The maximum absolute atomic E-state index is 6.78. The molecule has 1 aliphatic carbocycles. The molecule has 33 heavy (non-hydrogen) atoms. The number of halogens is 2. The number of benzene rings is 2. The van der Waals surface area contributed by atoms with E-state index in [0.29, 0.717) is 5.92 Å². The van der Waals surface area contributed by atoms with Gasteiger partial charge in [-0.2, -0.15) is 0 Å². The summed E-state index contributed by atoms with van der Waals surface area (Å²) in [5.41, 5.74) is 11.4. The summed E-state index contributed by atoms with van der Waals surface area (Å²) in [7, 11) is 13.6. The number of allylic oxidation sites excluding steroid dienone is 1. The first kappa shape index (κ1) is 27.2. The molecule has 1 atom stereocenters. The quantitative estimate of drug-likeness (QED) is 0.328. The molecule has 179 valence electrons. The molecule has 0 bridgehead atoms. The molecular weight excluding hydrogens is 522 g/mol. The standard InChI is InChI=1S/C30H41.2ClH.Zr/c1-10-11-22-12-13-23-15-21(14-20(2)3)16-27(23)28(22)24-17-25(29(4,5)6)19-26(18-24)30(7,8)9;;;/h12-13,15-20H,10-11,14H2,1-9H3;2*1H;/q;;;+2/p-2. The molecule has 2 aromatic carbocycles. The molecule has 0 saturated heterocycles. The molecule has 0 amide bonds. The SMILES string of the molecule is CCCc1ccc2c(c1-c1cc(C(C)(C)C)cc(C(C)(C)C)c1)C=C(CC(C)C)[CH]2[Zr]([Cl])[Cl]. The van der Waals surface area contributed by atoms with Crippen LogP contribution >= 0.6 is 17.0 Å². The maximum atomic E-state index is 6.78. The summed E-state index contributed by atoms with van der Waals surface area (Å²) in [5.74, 6) is 0.597. The summed E-state index contributed by atoms with van der Waals surface area (Å²) in [4.78, 5) is 0. The van der Waals surface area contributed by atoms with E-state index in [1.165, 1.54) is 44.5 Å². The van der Waals surface area contributed by atoms with Crippen LogP contribution in [0.15, 0.2) is 35.9 Å². The molecule has 0 spiro atoms. The van der Waals surface area contributed by atoms with Gasteiger partial charge in [-0.1, -0.05) is 0 Å². The Balaban J connectivity index is 2.35. The Labute approximate surface area is 217 Å². The molecule has 3 heteroatoms. The van der Waals surface area contributed by atoms with Crippen LogP contribution in [0.5, 0.6) is 0 Å². The van der Waals surface area contributed by atoms with Gasteiger partial charge in [-0.3, -0.25) is 0 Å². The zero-order valence-corrected chi connectivity index (χ0v) is 26.0. The molecule has 0 aliphatic heterocycles. The van der Waals surface area contributed by atoms with Crippen molar-refractivity contribution in [3.8, 4) is 11.1 Å². The normalized spacial score (nSPS) is 16.2. The first-order chi connectivity index (χ1) is 15.2. The minimum absolute atomic E-state index is 0.0905. The molecule has 0 radical (unpaired) electrons. The van der Waals surface area contributed by atoms with Crippen molar-refractivity contribution in [1.29, 1.82) is 0 Å². The van der Waals surface area contributed by atoms with E-state index in [0.717, 1.165) is 19.3 Å². The summed E-state index contributed by atoms with van der Waals surface area (Å²) in [6, 6.07) is 12.0. The summed E-state index contributed by atoms with van der Waals surface area (Å²) < 4.78 is 0.274. The van der Waals surface area contributed by atoms with Gasteiger partial charge >= 0.3 is 219 Å². The van der Waals surface area contributed by atoms with Gasteiger partial charge in [-0.15, -0.1) is 0 Å². The van der Waals surface area contributed by atoms with Crippen molar-refractivity contribution in [1.82, 2.24) is 0 Å². The average molecular weight is 564 g/mol. The second-order valence-electron chi connectivity index (χ2n) is 12.2. The van der Waals surface area contributed by atoms with Gasteiger partial charge in [-0.05, 0) is 0 Å². The number of aryl methyl sites for hydroxylation is 1. The van der Waals surface area contributed by atoms with Crippen LogP contribution in [-0.4, -0.2) is 0 Å². The second-order valence-corrected chi connectivity index (χ2v) is 21.0. The van der Waals surface area contributed by atoms with Crippen molar-refractivity contribution in [3.05, 3.63) is 63.7 Å². The van der Waals surface area contributed by atoms with Gasteiger partial charge in [0.2, 0.25) is 0 Å². The van der Waals surface area contributed by atoms with Gasteiger partial charge in [0.05, 0.1) is 0 Å². The first-order valence-corrected chi connectivity index (χ1v) is 20.2. The first-order valence-electron chi connectivity index (χ1n) is 12.4. The van der Waals surface area contributed by atoms with E-state index >= 15 is 0 Å². The van der Waals surface area contributed by atoms with Gasteiger partial charge in [0.25, 0.3) is 0 Å². The van der Waals surface area contributed by atoms with Crippen molar-refractivity contribution < 1.29 is 19.4 Å². The Hall–Kier alpha value is -0.357. The van der Waals surface area contributed by atoms with Gasteiger partial charge in [0.1, 0.15) is 0 Å². The summed E-state index contributed by atoms with van der Waals surface area (Å²) in [5, 5.41) is 0. The van der Waals surface area contributed by atoms with Crippen molar-refractivity contribution in [2.24, 2.45) is 5.92 Å². The number of hydrogen-bond donors (Lipinski definition) is 0. The average Bonchev–Trinajstić information content (AvgIpc) is 3.03. The zero-order valence-electron chi connectivity index (χ0n) is 22.0. The van der Waals surface area contributed by atoms with Crippen LogP contribution in [0.1, 0.15) is 107 Å². The van der Waals surface area contributed by atoms with Crippen LogP contribution in [0, 0.1) is 5.92 Å². The van der Waals surface area contributed by atoms with E-state index in [9.17, 15) is 0 Å². The predicted molar refractivity (Wildman–Crippen MR) is 145 cm³/mol. The van der Waals surface area contributed by atoms with Crippen molar-refractivity contribution in [3.63, 3.8) is 0 Å². The van der Waals surface area contributed by atoms with E-state index in [2.05, 4.69) is 98.7 Å². The molecule has 0 aromatic heterocycles. The molecule has 1 unspecified atom stereocenters. The van der Waals surface area contributed by atoms with Gasteiger partial charge in [0.15, 0.2) is 0 Å². The van der Waals surface area contributed by atoms with Crippen molar-refractivity contribution in [2.75, 3.05) is 0 Å². The molecule has 0 N–H and O–H groups in total. The van der Waals surface area contributed by atoms with Crippen LogP contribution in [0.25, 0.3) is 17.2 Å². The Morgan fingerprint density at radius 2 is 1.48 bits per heavy atom. The third-order valence-corrected chi connectivity index (χ3v) is 12.0. The van der Waals surface area contributed by atoms with Crippen LogP contribution in [-0.2, 0) is 36.6 Å². The van der Waals surface area contributed by atoms with Gasteiger partial charge in [0, 0.05) is 0 Å². The molecule has 0 nitrogen and oxygen atoms in total. The van der Waals surface area contributed by atoms with E-state index in [1.54, 1.807) is 0 Å². The molecular formula is C30H41Cl2Zr. The molecule has 1 aliphatic rings. The minimum atomic E-state index is -2.54. The molecule has 0 fully saturated rings. The predicted octanol–water partition coefficient (Wildman–Crippen LogP) is 10.3. The van der Waals surface area contributed by atoms with Gasteiger partial charge < -0.3 is 0 Å². The fourth-order valence-electron chi connectivity index (χ4n) is 4.92. The number of hydrogen-bond acceptors (Lipinski definition) is 0. The topological polar surface area (TPSA) is 0 Å². The molecule has 0 saturated carbocycles. The molecule has 2 aromatic rings. The Bertz CT molecular complexity index is 1000. The van der Waals surface area contributed by atoms with E-state index in [4.69, 9.17) is 17.0 Å².